The highest BCUT2D eigenvalue weighted by molar-refractivity contribution is 6.11. The number of nitrogens with zero attached hydrogens (tertiary/aromatic N) is 2. The number of anilines is 1. The van der Waals surface area contributed by atoms with Gasteiger partial charge in [-0.25, -0.2) is 9.37 Å². The van der Waals surface area contributed by atoms with E-state index in [2.05, 4.69) is 10.3 Å². The van der Waals surface area contributed by atoms with Crippen molar-refractivity contribution in [2.45, 2.75) is 6.42 Å². The fraction of sp³-hybridized carbons (Fsp3) is 0.0800. The number of methoxy groups -OCH3 is 1. The van der Waals surface area contributed by atoms with Gasteiger partial charge in [-0.15, -0.1) is 0 Å². The molecule has 0 aliphatic heterocycles. The van der Waals surface area contributed by atoms with Gasteiger partial charge in [0.25, 0.3) is 0 Å². The number of aromatic nitrogens is 2. The normalized spacial score (nSPS) is 10.6. The molecule has 0 atom stereocenters. The van der Waals surface area contributed by atoms with Gasteiger partial charge in [0.2, 0.25) is 5.91 Å². The molecule has 0 unspecified atom stereocenters. The quantitative estimate of drug-likeness (QED) is 0.335. The molecule has 4 rings (SSSR count). The molecule has 1 N–H and O–H groups in total. The van der Waals surface area contributed by atoms with E-state index in [0.717, 1.165) is 5.69 Å². The maximum Gasteiger partial charge on any atom is 0.232 e. The molecule has 1 heterocycles. The van der Waals surface area contributed by atoms with Gasteiger partial charge in [0.15, 0.2) is 5.78 Å². The van der Waals surface area contributed by atoms with Crippen molar-refractivity contribution in [3.63, 3.8) is 0 Å². The molecule has 0 saturated carbocycles. The van der Waals surface area contributed by atoms with E-state index >= 15 is 0 Å². The van der Waals surface area contributed by atoms with Crippen molar-refractivity contribution in [3.05, 3.63) is 96.8 Å². The third-order valence-electron chi connectivity index (χ3n) is 4.94. The van der Waals surface area contributed by atoms with Gasteiger partial charge in [0, 0.05) is 40.5 Å². The number of ketones is 1. The first kappa shape index (κ1) is 21.0. The van der Waals surface area contributed by atoms with Crippen molar-refractivity contribution in [1.29, 1.82) is 0 Å². The van der Waals surface area contributed by atoms with Crippen molar-refractivity contribution in [3.8, 4) is 22.6 Å². The molecule has 4 aromatic rings. The number of nitrogens with one attached hydrogen (secondary N) is 1. The van der Waals surface area contributed by atoms with Crippen LogP contribution in [0.2, 0.25) is 0 Å². The van der Waals surface area contributed by atoms with Crippen LogP contribution in [0.5, 0.6) is 5.75 Å². The molecular formula is C25H20FN3O3. The van der Waals surface area contributed by atoms with Crippen LogP contribution in [0.3, 0.4) is 0 Å². The number of hydrogen-bond acceptors (Lipinski definition) is 4. The van der Waals surface area contributed by atoms with Crippen molar-refractivity contribution in [1.82, 2.24) is 9.55 Å². The Morgan fingerprint density at radius 1 is 1.03 bits per heavy atom. The highest BCUT2D eigenvalue weighted by atomic mass is 19.1. The average molecular weight is 429 g/mol. The Morgan fingerprint density at radius 2 is 1.88 bits per heavy atom. The summed E-state index contributed by atoms with van der Waals surface area (Å²) < 4.78 is 21.4. The van der Waals surface area contributed by atoms with Gasteiger partial charge in [-0.05, 0) is 36.4 Å². The minimum atomic E-state index is -0.465. The van der Waals surface area contributed by atoms with E-state index in [1.54, 1.807) is 77.9 Å². The summed E-state index contributed by atoms with van der Waals surface area (Å²) in [5, 5.41) is 2.71. The van der Waals surface area contributed by atoms with Crippen molar-refractivity contribution < 1.29 is 18.7 Å². The van der Waals surface area contributed by atoms with E-state index in [1.165, 1.54) is 13.2 Å². The molecule has 0 radical (unpaired) electrons. The van der Waals surface area contributed by atoms with Gasteiger partial charge in [-0.1, -0.05) is 30.3 Å². The van der Waals surface area contributed by atoms with Crippen LogP contribution < -0.4 is 10.1 Å². The Hall–Kier alpha value is -4.26. The summed E-state index contributed by atoms with van der Waals surface area (Å²) in [6, 6.07) is 18.2. The second-order valence-corrected chi connectivity index (χ2v) is 7.06. The molecule has 0 spiro atoms. The monoisotopic (exact) mass is 429 g/mol. The van der Waals surface area contributed by atoms with Gasteiger partial charge in [-0.2, -0.15) is 0 Å². The van der Waals surface area contributed by atoms with E-state index < -0.39 is 11.7 Å². The van der Waals surface area contributed by atoms with E-state index in [-0.39, 0.29) is 12.2 Å². The van der Waals surface area contributed by atoms with E-state index in [9.17, 15) is 14.0 Å². The number of ether oxygens (including phenoxy) is 1. The van der Waals surface area contributed by atoms with Gasteiger partial charge in [-0.3, -0.25) is 9.59 Å². The van der Waals surface area contributed by atoms with Crippen LogP contribution in [0.15, 0.2) is 85.5 Å². The molecule has 32 heavy (non-hydrogen) atoms. The third kappa shape index (κ3) is 4.57. The summed E-state index contributed by atoms with van der Waals surface area (Å²) >= 11 is 0. The van der Waals surface area contributed by atoms with Crippen LogP contribution in [0.25, 0.3) is 16.8 Å². The summed E-state index contributed by atoms with van der Waals surface area (Å²) in [5.41, 5.74) is 2.50. The Labute approximate surface area is 184 Å². The number of amides is 1. The van der Waals surface area contributed by atoms with Gasteiger partial charge >= 0.3 is 0 Å². The third-order valence-corrected chi connectivity index (χ3v) is 4.94. The summed E-state index contributed by atoms with van der Waals surface area (Å²) in [6.45, 7) is 0. The molecule has 7 heteroatoms. The van der Waals surface area contributed by atoms with Crippen molar-refractivity contribution in [2.75, 3.05) is 12.4 Å². The molecular weight excluding hydrogens is 409 g/mol. The standard InChI is InChI=1S/C25H20FN3O3/c1-32-24-10-9-18(14-21(24)20-7-2-3-8-22(20)26)28-25(31)15-23(30)17-5-4-6-19(13-17)29-12-11-27-16-29/h2-14,16H,15H2,1H3,(H,28,31). The van der Waals surface area contributed by atoms with Crippen LogP contribution >= 0.6 is 0 Å². The van der Waals surface area contributed by atoms with Gasteiger partial charge in [0.05, 0.1) is 19.9 Å². The number of hydrogen-bond donors (Lipinski definition) is 1. The molecule has 0 aliphatic carbocycles. The topological polar surface area (TPSA) is 73.2 Å². The number of imidazole rings is 1. The van der Waals surface area contributed by atoms with E-state index in [1.807, 2.05) is 6.07 Å². The molecule has 0 bridgehead atoms. The maximum atomic E-state index is 14.3. The zero-order valence-electron chi connectivity index (χ0n) is 17.3. The predicted molar refractivity (Wildman–Crippen MR) is 120 cm³/mol. The highest BCUT2D eigenvalue weighted by Gasteiger charge is 2.15. The second kappa shape index (κ2) is 9.26. The first-order chi connectivity index (χ1) is 15.5. The fourth-order valence-corrected chi connectivity index (χ4v) is 3.38. The zero-order valence-corrected chi connectivity index (χ0v) is 17.3. The van der Waals surface area contributed by atoms with Gasteiger partial charge < -0.3 is 14.6 Å². The first-order valence-electron chi connectivity index (χ1n) is 9.89. The number of carbonyl (C=O) groups is 2. The molecule has 1 aromatic heterocycles. The molecule has 6 nitrogen and oxygen atoms in total. The highest BCUT2D eigenvalue weighted by Crippen LogP contribution is 2.34. The lowest BCUT2D eigenvalue weighted by molar-refractivity contribution is -0.115. The largest absolute Gasteiger partial charge is 0.496 e. The second-order valence-electron chi connectivity index (χ2n) is 7.06. The lowest BCUT2D eigenvalue weighted by Crippen LogP contribution is -2.16. The molecule has 0 aliphatic rings. The number of Topliss-reactive ketones (excluding diaryl/α,β-unsaturated/α-hetero) is 1. The molecule has 160 valence electrons. The predicted octanol–water partition coefficient (Wildman–Crippen LogP) is 4.90. The number of carbonyl (C=O) groups excluding carboxylic acids is 2. The number of rotatable bonds is 7. The maximum absolute atomic E-state index is 14.3. The summed E-state index contributed by atoms with van der Waals surface area (Å²) in [5.74, 6) is -0.706. The summed E-state index contributed by atoms with van der Waals surface area (Å²) in [6.07, 6.45) is 4.72. The Kier molecular flexibility index (Phi) is 6.07. The van der Waals surface area contributed by atoms with E-state index in [0.29, 0.717) is 28.1 Å². The molecule has 1 amide bonds. The van der Waals surface area contributed by atoms with Crippen LogP contribution in [0, 0.1) is 5.82 Å². The van der Waals surface area contributed by atoms with Crippen LogP contribution in [-0.2, 0) is 4.79 Å². The average Bonchev–Trinajstić information content (AvgIpc) is 3.34. The summed E-state index contributed by atoms with van der Waals surface area (Å²) in [7, 11) is 1.49. The zero-order chi connectivity index (χ0) is 22.5. The minimum Gasteiger partial charge on any atom is -0.496 e. The fourth-order valence-electron chi connectivity index (χ4n) is 3.38. The van der Waals surface area contributed by atoms with Crippen LogP contribution in [-0.4, -0.2) is 28.4 Å². The minimum absolute atomic E-state index is 0.313. The molecule has 0 saturated heterocycles. The van der Waals surface area contributed by atoms with Crippen LogP contribution in [0.4, 0.5) is 10.1 Å². The number of halogens is 1. The van der Waals surface area contributed by atoms with Crippen molar-refractivity contribution in [2.24, 2.45) is 0 Å². The number of benzene rings is 3. The smallest absolute Gasteiger partial charge is 0.232 e. The van der Waals surface area contributed by atoms with E-state index in [4.69, 9.17) is 4.74 Å². The Balaban J connectivity index is 1.50. The summed E-state index contributed by atoms with van der Waals surface area (Å²) in [4.78, 5) is 29.2. The lowest BCUT2D eigenvalue weighted by Gasteiger charge is -2.12. The Morgan fingerprint density at radius 3 is 2.62 bits per heavy atom. The molecule has 3 aromatic carbocycles. The molecule has 0 fully saturated rings. The lowest BCUT2D eigenvalue weighted by atomic mass is 10.0. The SMILES string of the molecule is COc1ccc(NC(=O)CC(=O)c2cccc(-n3ccnc3)c2)cc1-c1ccccc1F. The Bertz CT molecular complexity index is 1270. The van der Waals surface area contributed by atoms with Crippen molar-refractivity contribution >= 4 is 17.4 Å². The first-order valence-corrected chi connectivity index (χ1v) is 9.89. The van der Waals surface area contributed by atoms with Gasteiger partial charge in [0.1, 0.15) is 11.6 Å². The van der Waals surface area contributed by atoms with Crippen LogP contribution in [0.1, 0.15) is 16.8 Å².